The van der Waals surface area contributed by atoms with Crippen molar-refractivity contribution in [1.29, 1.82) is 0 Å². The summed E-state index contributed by atoms with van der Waals surface area (Å²) in [7, 11) is 2.51. The Labute approximate surface area is 393 Å². The lowest BCUT2D eigenvalue weighted by Gasteiger charge is -2.27. The third kappa shape index (κ3) is 5.43. The Morgan fingerprint density at radius 1 is 0.515 bits per heavy atom. The molecular weight excluding hydrogens is 816 g/mol. The summed E-state index contributed by atoms with van der Waals surface area (Å²) in [5.41, 5.74) is 24.5. The number of rotatable bonds is 3. The van der Waals surface area contributed by atoms with E-state index in [1.165, 1.54) is 125 Å². The fourth-order valence-corrected chi connectivity index (χ4v) is 13.2. The second-order valence-corrected chi connectivity index (χ2v) is 23.6. The summed E-state index contributed by atoms with van der Waals surface area (Å²) in [6.07, 6.45) is 0. The molecule has 0 bridgehead atoms. The number of nitrogens with one attached hydrogen (secondary N) is 1. The first kappa shape index (κ1) is 40.0. The van der Waals surface area contributed by atoms with Gasteiger partial charge < -0.3 is 9.88 Å². The van der Waals surface area contributed by atoms with Gasteiger partial charge in [-0.1, -0.05) is 172 Å². The average molecular weight is 870 g/mol. The van der Waals surface area contributed by atoms with Crippen molar-refractivity contribution in [2.45, 2.75) is 90.9 Å². The molecule has 13 rings (SSSR count). The van der Waals surface area contributed by atoms with Crippen LogP contribution in [0.2, 0.25) is 0 Å². The first-order chi connectivity index (χ1) is 31.5. The Morgan fingerprint density at radius 3 is 2.00 bits per heavy atom. The molecule has 0 amide bonds. The molecule has 0 fully saturated rings. The van der Waals surface area contributed by atoms with Crippen LogP contribution in [0.4, 0.5) is 11.4 Å². The maximum atomic E-state index is 4.03. The number of hydrogen-bond acceptors (Lipinski definition) is 2. The molecule has 8 aromatic carbocycles. The topological polar surface area (TPSA) is 17.0 Å². The minimum Gasteiger partial charge on any atom is -0.355 e. The van der Waals surface area contributed by atoms with Crippen molar-refractivity contribution in [2.24, 2.45) is 0 Å². The van der Waals surface area contributed by atoms with Crippen LogP contribution in [-0.4, -0.2) is 11.8 Å². The number of nitrogens with zero attached hydrogens (tertiary/aromatic N) is 1. The number of thiophene rings is 1. The first-order valence-electron chi connectivity index (χ1n) is 23.8. The van der Waals surface area contributed by atoms with E-state index in [1.54, 1.807) is 0 Å². The molecule has 10 aromatic rings. The smallest absolute Gasteiger partial charge is 0.197 e. The molecule has 2 nitrogen and oxygen atoms in total. The van der Waals surface area contributed by atoms with Gasteiger partial charge in [0.15, 0.2) is 7.28 Å². The van der Waals surface area contributed by atoms with Crippen LogP contribution in [0, 0.1) is 0 Å². The van der Waals surface area contributed by atoms with E-state index >= 15 is 0 Å². The highest BCUT2D eigenvalue weighted by Gasteiger charge is 2.40. The van der Waals surface area contributed by atoms with Crippen LogP contribution in [-0.2, 0) is 21.7 Å². The van der Waals surface area contributed by atoms with Gasteiger partial charge in [-0.3, -0.25) is 0 Å². The zero-order chi connectivity index (χ0) is 45.4. The molecule has 1 radical (unpaired) electrons. The molecule has 3 aliphatic rings. The normalized spacial score (nSPS) is 15.2. The SMILES string of the molecule is CC(C)(C)c1ccc(Nc2cc3c(cc2-c2ccc4c5c6c(ccc5n5c4c2[B]c2cc4c(cc2-5)sc2ccccc24)C(C)(C)c2ccccc2-6)-c2ccc(C(C)(C)C)cc2C3(C)C)cc1. The number of fused-ring (bicyclic) bond motifs is 15. The number of benzene rings is 8. The van der Waals surface area contributed by atoms with Gasteiger partial charge in [-0.25, -0.2) is 0 Å². The van der Waals surface area contributed by atoms with Gasteiger partial charge in [-0.2, -0.15) is 0 Å². The van der Waals surface area contributed by atoms with E-state index in [1.807, 2.05) is 11.3 Å². The fourth-order valence-electron chi connectivity index (χ4n) is 12.1. The van der Waals surface area contributed by atoms with E-state index < -0.39 is 0 Å². The van der Waals surface area contributed by atoms with Gasteiger partial charge in [0, 0.05) is 64.5 Å². The van der Waals surface area contributed by atoms with E-state index in [2.05, 4.69) is 226 Å². The van der Waals surface area contributed by atoms with Crippen molar-refractivity contribution in [3.8, 4) is 39.1 Å². The van der Waals surface area contributed by atoms with Crippen molar-refractivity contribution >= 4 is 82.9 Å². The summed E-state index contributed by atoms with van der Waals surface area (Å²) in [6, 6.07) is 54.0. The number of anilines is 2. The fraction of sp³-hybridized carbons (Fsp3) is 0.226. The van der Waals surface area contributed by atoms with Crippen molar-refractivity contribution in [3.05, 3.63) is 173 Å². The monoisotopic (exact) mass is 869 g/mol. The van der Waals surface area contributed by atoms with Crippen molar-refractivity contribution in [1.82, 2.24) is 4.57 Å². The minimum atomic E-state index is -0.175. The van der Waals surface area contributed by atoms with Crippen molar-refractivity contribution in [2.75, 3.05) is 5.32 Å². The van der Waals surface area contributed by atoms with Crippen LogP contribution in [0.25, 0.3) is 81.0 Å². The van der Waals surface area contributed by atoms with E-state index in [-0.39, 0.29) is 21.7 Å². The Kier molecular flexibility index (Phi) is 7.97. The van der Waals surface area contributed by atoms with Crippen LogP contribution < -0.4 is 16.2 Å². The zero-order valence-electron chi connectivity index (χ0n) is 39.7. The minimum absolute atomic E-state index is 0.0540. The van der Waals surface area contributed by atoms with Crippen LogP contribution in [0.3, 0.4) is 0 Å². The molecule has 1 aliphatic heterocycles. The van der Waals surface area contributed by atoms with Crippen molar-refractivity contribution in [3.63, 3.8) is 0 Å². The molecule has 0 atom stereocenters. The predicted molar refractivity (Wildman–Crippen MR) is 286 cm³/mol. The third-order valence-electron chi connectivity index (χ3n) is 15.7. The summed E-state index contributed by atoms with van der Waals surface area (Å²) in [4.78, 5) is 0. The lowest BCUT2D eigenvalue weighted by atomic mass is 9.59. The van der Waals surface area contributed by atoms with E-state index in [0.29, 0.717) is 0 Å². The predicted octanol–water partition coefficient (Wildman–Crippen LogP) is 15.7. The van der Waals surface area contributed by atoms with Gasteiger partial charge in [-0.15, -0.1) is 11.3 Å². The first-order valence-corrected chi connectivity index (χ1v) is 24.6. The van der Waals surface area contributed by atoms with Gasteiger partial charge in [0.2, 0.25) is 0 Å². The quantitative estimate of drug-likeness (QED) is 0.175. The molecular formula is C62H54BN2S. The summed E-state index contributed by atoms with van der Waals surface area (Å²) in [6.45, 7) is 23.5. The van der Waals surface area contributed by atoms with Crippen LogP contribution in [0.1, 0.15) is 103 Å². The van der Waals surface area contributed by atoms with Crippen LogP contribution in [0.15, 0.2) is 140 Å². The van der Waals surface area contributed by atoms with Gasteiger partial charge in [0.25, 0.3) is 0 Å². The second kappa shape index (κ2) is 13.2. The van der Waals surface area contributed by atoms with E-state index in [9.17, 15) is 0 Å². The number of hydrogen-bond donors (Lipinski definition) is 1. The van der Waals surface area contributed by atoms with Gasteiger partial charge in [0.1, 0.15) is 0 Å². The Hall–Kier alpha value is -6.36. The molecule has 0 saturated heterocycles. The summed E-state index contributed by atoms with van der Waals surface area (Å²) in [5, 5.41) is 9.34. The van der Waals surface area contributed by atoms with E-state index in [4.69, 9.17) is 0 Å². The van der Waals surface area contributed by atoms with E-state index in [0.717, 1.165) is 11.4 Å². The molecule has 0 unspecified atom stereocenters. The standard InChI is InChI=1S/C62H54BN2S/c1-59(2,3)34-19-22-36(23-20-34)64-50-32-48-42(37-24-21-35(60(4,5)6)29-47(37)62(48,9)10)30-43(50)39-25-26-41-56-51(28-27-46-55(56)40-16-11-13-17-45(40)61(46,7)8)65-52-33-54-44(31-49(52)63-57(39)58(41)65)38-15-12-14-18-53(38)66-54/h11-33,64H,1-10H3. The second-order valence-electron chi connectivity index (χ2n) is 22.5. The molecule has 3 heterocycles. The van der Waals surface area contributed by atoms with Gasteiger partial charge >= 0.3 is 0 Å². The lowest BCUT2D eigenvalue weighted by Crippen LogP contribution is -2.37. The molecule has 4 heteroatoms. The highest BCUT2D eigenvalue weighted by molar-refractivity contribution is 7.25. The molecule has 321 valence electrons. The molecule has 66 heavy (non-hydrogen) atoms. The Balaban J connectivity index is 1.12. The summed E-state index contributed by atoms with van der Waals surface area (Å²) in [5.74, 6) is 0. The highest BCUT2D eigenvalue weighted by atomic mass is 32.1. The maximum Gasteiger partial charge on any atom is 0.197 e. The van der Waals surface area contributed by atoms with Gasteiger partial charge in [-0.05, 0) is 125 Å². The maximum absolute atomic E-state index is 4.03. The molecule has 2 aliphatic carbocycles. The Bertz CT molecular complexity index is 3770. The largest absolute Gasteiger partial charge is 0.355 e. The Morgan fingerprint density at radius 2 is 1.21 bits per heavy atom. The number of aromatic nitrogens is 1. The van der Waals surface area contributed by atoms with Gasteiger partial charge in [0.05, 0.1) is 5.52 Å². The van der Waals surface area contributed by atoms with Crippen LogP contribution in [0.5, 0.6) is 0 Å². The summed E-state index contributed by atoms with van der Waals surface area (Å²) >= 11 is 1.90. The molecule has 2 aromatic heterocycles. The van der Waals surface area contributed by atoms with Crippen LogP contribution >= 0.6 is 11.3 Å². The summed E-state index contributed by atoms with van der Waals surface area (Å²) < 4.78 is 5.27. The molecule has 0 saturated carbocycles. The highest BCUT2D eigenvalue weighted by Crippen LogP contribution is 2.55. The third-order valence-corrected chi connectivity index (χ3v) is 16.9. The molecule has 0 spiro atoms. The average Bonchev–Trinajstić information content (AvgIpc) is 3.96. The zero-order valence-corrected chi connectivity index (χ0v) is 40.5. The van der Waals surface area contributed by atoms with Crippen molar-refractivity contribution < 1.29 is 0 Å². The molecule has 1 N–H and O–H groups in total. The lowest BCUT2D eigenvalue weighted by molar-refractivity contribution is 0.584.